The Hall–Kier alpha value is -3.41. The number of carbonyl (C=O) groups excluding carboxylic acids is 2. The molecule has 1 heterocycles. The first-order valence-electron chi connectivity index (χ1n) is 11.7. The number of amides is 1. The quantitative estimate of drug-likeness (QED) is 0.187. The number of nitriles is 1. The van der Waals surface area contributed by atoms with E-state index in [1.165, 1.54) is 17.4 Å². The number of anilines is 1. The van der Waals surface area contributed by atoms with Crippen molar-refractivity contribution in [3.05, 3.63) is 85.7 Å². The molecule has 1 amide bonds. The average Bonchev–Trinajstić information content (AvgIpc) is 3.25. The molecule has 1 aromatic heterocycles. The minimum Gasteiger partial charge on any atom is -0.489 e. The van der Waals surface area contributed by atoms with E-state index < -0.39 is 11.9 Å². The number of nitrogens with one attached hydrogen (secondary N) is 1. The van der Waals surface area contributed by atoms with Crippen molar-refractivity contribution in [2.75, 3.05) is 11.9 Å². The van der Waals surface area contributed by atoms with E-state index in [-0.39, 0.29) is 12.2 Å². The summed E-state index contributed by atoms with van der Waals surface area (Å²) in [6.07, 6.45) is 5.23. The number of halogens is 1. The molecule has 0 saturated heterocycles. The van der Waals surface area contributed by atoms with E-state index >= 15 is 0 Å². The van der Waals surface area contributed by atoms with Crippen molar-refractivity contribution in [1.82, 2.24) is 0 Å². The number of hydrogen-bond donors (Lipinski definition) is 1. The first kappa shape index (κ1) is 25.7. The van der Waals surface area contributed by atoms with Gasteiger partial charge in [-0.2, -0.15) is 5.26 Å². The molecule has 0 atom stereocenters. The fourth-order valence-electron chi connectivity index (χ4n) is 3.97. The van der Waals surface area contributed by atoms with Crippen LogP contribution in [-0.4, -0.2) is 18.5 Å². The number of esters is 1. The van der Waals surface area contributed by atoms with E-state index in [4.69, 9.17) is 9.47 Å². The van der Waals surface area contributed by atoms with Crippen LogP contribution < -0.4 is 10.1 Å². The lowest BCUT2D eigenvalue weighted by Gasteiger charge is -2.12. The van der Waals surface area contributed by atoms with Crippen LogP contribution in [0.25, 0.3) is 6.08 Å². The predicted molar refractivity (Wildman–Crippen MR) is 144 cm³/mol. The summed E-state index contributed by atoms with van der Waals surface area (Å²) in [6.45, 7) is 2.44. The fraction of sp³-hybridized carbons (Fsp3) is 0.250. The van der Waals surface area contributed by atoms with Gasteiger partial charge in [0.25, 0.3) is 5.91 Å². The Morgan fingerprint density at radius 3 is 2.53 bits per heavy atom. The average molecular weight is 565 g/mol. The second kappa shape index (κ2) is 12.0. The molecule has 0 unspecified atom stereocenters. The Morgan fingerprint density at radius 2 is 1.83 bits per heavy atom. The molecule has 184 valence electrons. The number of aryl methyl sites for hydroxylation is 1. The molecule has 0 saturated carbocycles. The standard InChI is InChI=1S/C28H25BrN2O4S/c1-2-34-28(33)25-23-5-3-4-6-24(23)36-27(25)31-26(32)20(16-30)15-18-9-13-22(14-10-18)35-17-19-7-11-21(29)12-8-19/h7-15H,2-6,17H2,1H3,(H,31,32)/b20-15+. The molecular formula is C28H25BrN2O4S. The van der Waals surface area contributed by atoms with Gasteiger partial charge < -0.3 is 14.8 Å². The van der Waals surface area contributed by atoms with Crippen molar-refractivity contribution in [2.24, 2.45) is 0 Å². The molecule has 0 bridgehead atoms. The minimum atomic E-state index is -0.558. The van der Waals surface area contributed by atoms with Gasteiger partial charge in [-0.05, 0) is 79.6 Å². The Balaban J connectivity index is 1.47. The lowest BCUT2D eigenvalue weighted by Crippen LogP contribution is -2.16. The molecule has 0 fully saturated rings. The Kier molecular flexibility index (Phi) is 8.57. The SMILES string of the molecule is CCOC(=O)c1c(NC(=O)/C(C#N)=C/c2ccc(OCc3ccc(Br)cc3)cc2)sc2c1CCCC2. The van der Waals surface area contributed by atoms with Gasteiger partial charge in [0, 0.05) is 9.35 Å². The second-order valence-electron chi connectivity index (χ2n) is 8.24. The normalized spacial score (nSPS) is 12.9. The van der Waals surface area contributed by atoms with Gasteiger partial charge in [-0.25, -0.2) is 4.79 Å². The third-order valence-corrected chi connectivity index (χ3v) is 7.49. The van der Waals surface area contributed by atoms with Gasteiger partial charge in [-0.1, -0.05) is 40.2 Å². The molecule has 0 radical (unpaired) electrons. The maximum atomic E-state index is 13.0. The molecule has 4 rings (SSSR count). The van der Waals surface area contributed by atoms with Gasteiger partial charge >= 0.3 is 5.97 Å². The summed E-state index contributed by atoms with van der Waals surface area (Å²) in [4.78, 5) is 26.7. The molecule has 36 heavy (non-hydrogen) atoms. The van der Waals surface area contributed by atoms with Crippen molar-refractivity contribution in [3.63, 3.8) is 0 Å². The van der Waals surface area contributed by atoms with Gasteiger partial charge in [-0.15, -0.1) is 11.3 Å². The zero-order valence-corrected chi connectivity index (χ0v) is 22.2. The van der Waals surface area contributed by atoms with E-state index in [0.717, 1.165) is 46.2 Å². The number of carbonyl (C=O) groups is 2. The van der Waals surface area contributed by atoms with Gasteiger partial charge in [0.05, 0.1) is 12.2 Å². The Morgan fingerprint density at radius 1 is 1.11 bits per heavy atom. The summed E-state index contributed by atoms with van der Waals surface area (Å²) < 4.78 is 12.1. The summed E-state index contributed by atoms with van der Waals surface area (Å²) in [5.41, 5.74) is 3.06. The smallest absolute Gasteiger partial charge is 0.341 e. The van der Waals surface area contributed by atoms with Gasteiger partial charge in [-0.3, -0.25) is 4.79 Å². The van der Waals surface area contributed by atoms with Gasteiger partial charge in [0.1, 0.15) is 29.0 Å². The van der Waals surface area contributed by atoms with Crippen LogP contribution in [0.5, 0.6) is 5.75 Å². The van der Waals surface area contributed by atoms with E-state index in [2.05, 4.69) is 21.2 Å². The summed E-state index contributed by atoms with van der Waals surface area (Å²) in [7, 11) is 0. The fourth-order valence-corrected chi connectivity index (χ4v) is 5.50. The van der Waals surface area contributed by atoms with E-state index in [9.17, 15) is 14.9 Å². The molecule has 0 aliphatic heterocycles. The summed E-state index contributed by atoms with van der Waals surface area (Å²) in [5.74, 6) is -0.313. The van der Waals surface area contributed by atoms with Crippen molar-refractivity contribution >= 4 is 50.2 Å². The molecule has 1 N–H and O–H groups in total. The molecule has 0 spiro atoms. The Bertz CT molecular complexity index is 1320. The van der Waals surface area contributed by atoms with Crippen LogP contribution in [-0.2, 0) is 29.0 Å². The highest BCUT2D eigenvalue weighted by atomic mass is 79.9. The predicted octanol–water partition coefficient (Wildman–Crippen LogP) is 6.69. The lowest BCUT2D eigenvalue weighted by atomic mass is 9.95. The highest BCUT2D eigenvalue weighted by Crippen LogP contribution is 2.38. The van der Waals surface area contributed by atoms with E-state index in [1.54, 1.807) is 31.2 Å². The minimum absolute atomic E-state index is 0.0558. The first-order valence-corrected chi connectivity index (χ1v) is 13.3. The van der Waals surface area contributed by atoms with Crippen LogP contribution in [0.15, 0.2) is 58.6 Å². The molecule has 1 aliphatic carbocycles. The molecule has 1 aliphatic rings. The maximum absolute atomic E-state index is 13.0. The summed E-state index contributed by atoms with van der Waals surface area (Å²) in [6, 6.07) is 17.0. The van der Waals surface area contributed by atoms with Crippen molar-refractivity contribution in [3.8, 4) is 11.8 Å². The van der Waals surface area contributed by atoms with Gasteiger partial charge in [0.15, 0.2) is 0 Å². The van der Waals surface area contributed by atoms with Crippen molar-refractivity contribution < 1.29 is 19.1 Å². The van der Waals surface area contributed by atoms with E-state index in [1.807, 2.05) is 30.3 Å². The summed E-state index contributed by atoms with van der Waals surface area (Å²) >= 11 is 4.81. The van der Waals surface area contributed by atoms with Crippen LogP contribution in [0.2, 0.25) is 0 Å². The van der Waals surface area contributed by atoms with Crippen LogP contribution >= 0.6 is 27.3 Å². The monoisotopic (exact) mass is 564 g/mol. The highest BCUT2D eigenvalue weighted by molar-refractivity contribution is 9.10. The molecular weight excluding hydrogens is 540 g/mol. The van der Waals surface area contributed by atoms with Gasteiger partial charge in [0.2, 0.25) is 0 Å². The molecule has 3 aromatic rings. The lowest BCUT2D eigenvalue weighted by molar-refractivity contribution is -0.112. The summed E-state index contributed by atoms with van der Waals surface area (Å²) in [5, 5.41) is 12.9. The molecule has 6 nitrogen and oxygen atoms in total. The topological polar surface area (TPSA) is 88.4 Å². The van der Waals surface area contributed by atoms with Crippen LogP contribution in [0.4, 0.5) is 5.00 Å². The molecule has 2 aromatic carbocycles. The number of rotatable bonds is 8. The zero-order chi connectivity index (χ0) is 25.5. The van der Waals surface area contributed by atoms with Crippen LogP contribution in [0.3, 0.4) is 0 Å². The zero-order valence-electron chi connectivity index (χ0n) is 19.8. The van der Waals surface area contributed by atoms with Crippen molar-refractivity contribution in [2.45, 2.75) is 39.2 Å². The number of ether oxygens (including phenoxy) is 2. The third kappa shape index (κ3) is 6.23. The largest absolute Gasteiger partial charge is 0.489 e. The number of benzene rings is 2. The number of thiophene rings is 1. The number of hydrogen-bond acceptors (Lipinski definition) is 6. The first-order chi connectivity index (χ1) is 17.5. The third-order valence-electron chi connectivity index (χ3n) is 5.75. The van der Waals surface area contributed by atoms with E-state index in [0.29, 0.717) is 28.5 Å². The van der Waals surface area contributed by atoms with Crippen LogP contribution in [0.1, 0.15) is 51.7 Å². The number of fused-ring (bicyclic) bond motifs is 1. The number of nitrogens with zero attached hydrogens (tertiary/aromatic N) is 1. The molecule has 8 heteroatoms. The Labute approximate surface area is 222 Å². The second-order valence-corrected chi connectivity index (χ2v) is 10.3. The maximum Gasteiger partial charge on any atom is 0.341 e. The van der Waals surface area contributed by atoms with Crippen molar-refractivity contribution in [1.29, 1.82) is 5.26 Å². The van der Waals surface area contributed by atoms with Crippen LogP contribution in [0, 0.1) is 11.3 Å². The highest BCUT2D eigenvalue weighted by Gasteiger charge is 2.27.